The molecule has 2 aromatic rings. The van der Waals surface area contributed by atoms with Gasteiger partial charge in [0.05, 0.1) is 0 Å². The van der Waals surface area contributed by atoms with Crippen molar-refractivity contribution in [1.82, 2.24) is 5.32 Å². The Balaban J connectivity index is 1.71. The Morgan fingerprint density at radius 2 is 1.65 bits per heavy atom. The summed E-state index contributed by atoms with van der Waals surface area (Å²) in [4.78, 5) is 23.3. The van der Waals surface area contributed by atoms with Crippen molar-refractivity contribution in [2.75, 3.05) is 6.61 Å². The molecule has 1 atom stereocenters. The molecule has 6 heteroatoms. The molecule has 0 fully saturated rings. The van der Waals surface area contributed by atoms with Crippen LogP contribution in [0.25, 0.3) is 11.1 Å². The van der Waals surface area contributed by atoms with Gasteiger partial charge in [0, 0.05) is 12.3 Å². The van der Waals surface area contributed by atoms with Gasteiger partial charge in [-0.25, -0.2) is 9.59 Å². The van der Waals surface area contributed by atoms with Gasteiger partial charge in [0.25, 0.3) is 0 Å². The van der Waals surface area contributed by atoms with Gasteiger partial charge >= 0.3 is 12.1 Å². The van der Waals surface area contributed by atoms with Crippen LogP contribution in [0.3, 0.4) is 0 Å². The predicted octanol–water partition coefficient (Wildman–Crippen LogP) is 4.28. The molecule has 0 saturated heterocycles. The maximum absolute atomic E-state index is 12.1. The highest BCUT2D eigenvalue weighted by Crippen LogP contribution is 2.44. The minimum Gasteiger partial charge on any atom is -0.480 e. The number of nitrogens with one attached hydrogen (secondary N) is 1. The summed E-state index contributed by atoms with van der Waals surface area (Å²) in [5.74, 6) is -1.21. The minimum absolute atomic E-state index is 0.0671. The first-order valence-electron chi connectivity index (χ1n) is 8.15. The van der Waals surface area contributed by atoms with Crippen LogP contribution in [0.4, 0.5) is 4.79 Å². The molecule has 3 rings (SSSR count). The third-order valence-electron chi connectivity index (χ3n) is 4.36. The van der Waals surface area contributed by atoms with Gasteiger partial charge in [-0.05, 0) is 26.7 Å². The lowest BCUT2D eigenvalue weighted by atomic mass is 9.98. The van der Waals surface area contributed by atoms with Gasteiger partial charge in [-0.3, -0.25) is 0 Å². The molecule has 0 unspecified atom stereocenters. The Kier molecular flexibility index (Phi) is 5.42. The number of benzene rings is 2. The molecule has 134 valence electrons. The molecule has 1 amide bonds. The van der Waals surface area contributed by atoms with Gasteiger partial charge in [-0.15, -0.1) is 0 Å². The zero-order valence-corrected chi connectivity index (χ0v) is 15.5. The molecule has 26 heavy (non-hydrogen) atoms. The van der Waals surface area contributed by atoms with E-state index in [0.29, 0.717) is 4.48 Å². The van der Waals surface area contributed by atoms with E-state index < -0.39 is 18.1 Å². The molecular weight excluding hydrogens is 398 g/mol. The molecule has 0 heterocycles. The number of rotatable bonds is 6. The number of hydrogen-bond acceptors (Lipinski definition) is 3. The first-order chi connectivity index (χ1) is 12.5. The van der Waals surface area contributed by atoms with E-state index in [9.17, 15) is 14.7 Å². The topological polar surface area (TPSA) is 75.6 Å². The minimum atomic E-state index is -1.14. The van der Waals surface area contributed by atoms with Gasteiger partial charge in [0.1, 0.15) is 12.6 Å². The number of aliphatic carboxylic acids is 1. The molecule has 1 aliphatic carbocycles. The summed E-state index contributed by atoms with van der Waals surface area (Å²) in [7, 11) is 0. The Hall–Kier alpha value is -2.60. The van der Waals surface area contributed by atoms with Crippen molar-refractivity contribution in [3.8, 4) is 11.1 Å². The summed E-state index contributed by atoms with van der Waals surface area (Å²) < 4.78 is 5.83. The van der Waals surface area contributed by atoms with Crippen LogP contribution < -0.4 is 5.32 Å². The zero-order valence-electron chi connectivity index (χ0n) is 13.9. The number of carboxylic acid groups (broad SMARTS) is 1. The van der Waals surface area contributed by atoms with Crippen LogP contribution in [0, 0.1) is 0 Å². The molecule has 0 radical (unpaired) electrons. The number of carbonyl (C=O) groups excluding carboxylic acids is 1. The van der Waals surface area contributed by atoms with Crippen molar-refractivity contribution in [2.24, 2.45) is 0 Å². The Labute approximate surface area is 159 Å². The monoisotopic (exact) mass is 415 g/mol. The molecule has 0 bridgehead atoms. The van der Waals surface area contributed by atoms with Crippen LogP contribution in [-0.4, -0.2) is 29.8 Å². The second kappa shape index (κ2) is 7.74. The summed E-state index contributed by atoms with van der Waals surface area (Å²) in [5.41, 5.74) is 4.47. The SMILES string of the molecule is C=C(Br)C[C@H](NC(=O)OCC1c2ccccc2-c2ccccc21)C(=O)O. The highest BCUT2D eigenvalue weighted by Gasteiger charge is 2.29. The number of ether oxygens (including phenoxy) is 1. The first kappa shape index (κ1) is 18.2. The van der Waals surface area contributed by atoms with E-state index >= 15 is 0 Å². The molecule has 0 aliphatic heterocycles. The quantitative estimate of drug-likeness (QED) is 0.737. The summed E-state index contributed by atoms with van der Waals surface area (Å²) in [6.45, 7) is 3.75. The fourth-order valence-corrected chi connectivity index (χ4v) is 3.53. The fourth-order valence-electron chi connectivity index (χ4n) is 3.20. The van der Waals surface area contributed by atoms with E-state index in [1.807, 2.05) is 36.4 Å². The van der Waals surface area contributed by atoms with Gasteiger partial charge in [-0.1, -0.05) is 71.0 Å². The smallest absolute Gasteiger partial charge is 0.407 e. The van der Waals surface area contributed by atoms with Crippen molar-refractivity contribution in [1.29, 1.82) is 0 Å². The van der Waals surface area contributed by atoms with Gasteiger partial charge in [-0.2, -0.15) is 0 Å². The Morgan fingerprint density at radius 1 is 1.12 bits per heavy atom. The van der Waals surface area contributed by atoms with E-state index in [1.54, 1.807) is 0 Å². The number of alkyl carbamates (subject to hydrolysis) is 1. The van der Waals surface area contributed by atoms with Crippen LogP contribution in [0.2, 0.25) is 0 Å². The maximum Gasteiger partial charge on any atom is 0.407 e. The molecule has 0 saturated carbocycles. The van der Waals surface area contributed by atoms with Crippen LogP contribution in [0.5, 0.6) is 0 Å². The number of halogens is 1. The van der Waals surface area contributed by atoms with E-state index in [-0.39, 0.29) is 18.9 Å². The molecule has 5 nitrogen and oxygen atoms in total. The Morgan fingerprint density at radius 3 is 2.15 bits per heavy atom. The predicted molar refractivity (Wildman–Crippen MR) is 102 cm³/mol. The fraction of sp³-hybridized carbons (Fsp3) is 0.200. The van der Waals surface area contributed by atoms with Crippen molar-refractivity contribution in [2.45, 2.75) is 18.4 Å². The number of fused-ring (bicyclic) bond motifs is 3. The largest absolute Gasteiger partial charge is 0.480 e. The Bertz CT molecular complexity index is 819. The molecule has 2 N–H and O–H groups in total. The van der Waals surface area contributed by atoms with Crippen LogP contribution in [-0.2, 0) is 9.53 Å². The lowest BCUT2D eigenvalue weighted by Crippen LogP contribution is -2.41. The lowest BCUT2D eigenvalue weighted by molar-refractivity contribution is -0.139. The molecular formula is C20H18BrNO4. The lowest BCUT2D eigenvalue weighted by Gasteiger charge is -2.17. The molecule has 1 aliphatic rings. The standard InChI is InChI=1S/C20H18BrNO4/c1-12(21)10-18(19(23)24)22-20(25)26-11-17-15-8-4-2-6-13(15)14-7-3-5-9-16(14)17/h2-9,17-18H,1,10-11H2,(H,22,25)(H,23,24)/t18-/m0/s1. The van der Waals surface area contributed by atoms with Crippen LogP contribution in [0.15, 0.2) is 59.6 Å². The van der Waals surface area contributed by atoms with Crippen molar-refractivity contribution < 1.29 is 19.4 Å². The van der Waals surface area contributed by atoms with E-state index in [2.05, 4.69) is 40.0 Å². The average molecular weight is 416 g/mol. The summed E-state index contributed by atoms with van der Waals surface area (Å²) in [5, 5.41) is 11.5. The third kappa shape index (κ3) is 3.80. The van der Waals surface area contributed by atoms with Gasteiger partial charge < -0.3 is 15.2 Å². The number of carbonyl (C=O) groups is 2. The zero-order chi connectivity index (χ0) is 18.7. The summed E-state index contributed by atoms with van der Waals surface area (Å²) in [6, 6.07) is 14.9. The van der Waals surface area contributed by atoms with Crippen LogP contribution in [0.1, 0.15) is 23.5 Å². The number of amides is 1. The van der Waals surface area contributed by atoms with Crippen molar-refractivity contribution in [3.63, 3.8) is 0 Å². The highest BCUT2D eigenvalue weighted by molar-refractivity contribution is 9.11. The third-order valence-corrected chi connectivity index (χ3v) is 4.68. The van der Waals surface area contributed by atoms with E-state index in [1.165, 1.54) is 0 Å². The molecule has 2 aromatic carbocycles. The number of carboxylic acids is 1. The summed E-state index contributed by atoms with van der Waals surface area (Å²) >= 11 is 3.11. The van der Waals surface area contributed by atoms with E-state index in [0.717, 1.165) is 22.3 Å². The second-order valence-electron chi connectivity index (χ2n) is 6.08. The van der Waals surface area contributed by atoms with E-state index in [4.69, 9.17) is 4.74 Å². The number of hydrogen-bond donors (Lipinski definition) is 2. The highest BCUT2D eigenvalue weighted by atomic mass is 79.9. The van der Waals surface area contributed by atoms with Gasteiger partial charge in [0.2, 0.25) is 0 Å². The summed E-state index contributed by atoms with van der Waals surface area (Å²) in [6.07, 6.45) is -0.674. The maximum atomic E-state index is 12.1. The first-order valence-corrected chi connectivity index (χ1v) is 8.94. The second-order valence-corrected chi connectivity index (χ2v) is 7.20. The normalized spacial score (nSPS) is 13.4. The van der Waals surface area contributed by atoms with Crippen molar-refractivity contribution in [3.05, 3.63) is 70.7 Å². The van der Waals surface area contributed by atoms with Gasteiger partial charge in [0.15, 0.2) is 0 Å². The molecule has 0 spiro atoms. The van der Waals surface area contributed by atoms with Crippen molar-refractivity contribution >= 4 is 28.0 Å². The van der Waals surface area contributed by atoms with Crippen LogP contribution >= 0.6 is 15.9 Å². The average Bonchev–Trinajstić information content (AvgIpc) is 2.93. The molecule has 0 aromatic heterocycles.